The first-order chi connectivity index (χ1) is 6.98. The number of hydrogen-bond acceptors (Lipinski definition) is 2. The molecular weight excluding hydrogens is 273 g/mol. The summed E-state index contributed by atoms with van der Waals surface area (Å²) in [6.45, 7) is 0. The van der Waals surface area contributed by atoms with Crippen molar-refractivity contribution in [3.63, 3.8) is 0 Å². The average molecular weight is 277 g/mol. The van der Waals surface area contributed by atoms with Crippen molar-refractivity contribution >= 4 is 27.0 Å². The van der Waals surface area contributed by atoms with Crippen LogP contribution in [0.15, 0.2) is 29.0 Å². The quantitative estimate of drug-likeness (QED) is 0.737. The summed E-state index contributed by atoms with van der Waals surface area (Å²) in [4.78, 5) is 7.75. The van der Waals surface area contributed by atoms with Crippen LogP contribution >= 0.6 is 15.9 Å². The zero-order chi connectivity index (χ0) is 11.1. The van der Waals surface area contributed by atoms with E-state index in [-0.39, 0.29) is 5.52 Å². The van der Waals surface area contributed by atoms with E-state index in [2.05, 4.69) is 25.9 Å². The van der Waals surface area contributed by atoms with Gasteiger partial charge in [-0.25, -0.2) is 0 Å². The lowest BCUT2D eigenvalue weighted by Gasteiger charge is -2.08. The number of nitrogens with zero attached hydrogens (tertiary/aromatic N) is 2. The van der Waals surface area contributed by atoms with Crippen LogP contribution in [-0.2, 0) is 6.18 Å². The minimum Gasteiger partial charge on any atom is -0.253 e. The van der Waals surface area contributed by atoms with Gasteiger partial charge in [0.25, 0.3) is 0 Å². The molecule has 78 valence electrons. The molecule has 2 rings (SSSR count). The third-order valence-corrected chi connectivity index (χ3v) is 2.46. The fourth-order valence-electron chi connectivity index (χ4n) is 1.20. The van der Waals surface area contributed by atoms with Crippen LogP contribution in [0.4, 0.5) is 13.2 Å². The Hall–Kier alpha value is -1.17. The van der Waals surface area contributed by atoms with Crippen LogP contribution in [0.2, 0.25) is 0 Å². The number of halogens is 4. The standard InChI is InChI=1S/C9H4BrF3N2/c10-6-3-5(9(11,12)13)4-7-8(6)15-2-1-14-7/h1-4H. The number of alkyl halides is 3. The van der Waals surface area contributed by atoms with E-state index in [4.69, 9.17) is 0 Å². The molecule has 0 aliphatic carbocycles. The molecule has 1 heterocycles. The van der Waals surface area contributed by atoms with E-state index in [1.165, 1.54) is 12.4 Å². The summed E-state index contributed by atoms with van der Waals surface area (Å²) in [5.41, 5.74) is -0.0907. The normalized spacial score (nSPS) is 12.0. The molecule has 2 aromatic rings. The predicted octanol–water partition coefficient (Wildman–Crippen LogP) is 3.41. The summed E-state index contributed by atoms with van der Waals surface area (Å²) < 4.78 is 37.6. The maximum atomic E-state index is 12.4. The Labute approximate surface area is 91.3 Å². The number of hydrogen-bond donors (Lipinski definition) is 0. The van der Waals surface area contributed by atoms with Gasteiger partial charge in [0.1, 0.15) is 5.52 Å². The van der Waals surface area contributed by atoms with Crippen LogP contribution in [0.1, 0.15) is 5.56 Å². The van der Waals surface area contributed by atoms with Gasteiger partial charge in [0.15, 0.2) is 0 Å². The first-order valence-electron chi connectivity index (χ1n) is 3.96. The van der Waals surface area contributed by atoms with Gasteiger partial charge in [0, 0.05) is 16.9 Å². The van der Waals surface area contributed by atoms with Gasteiger partial charge in [-0.1, -0.05) is 0 Å². The highest BCUT2D eigenvalue weighted by Crippen LogP contribution is 2.33. The Balaban J connectivity index is 2.73. The Bertz CT molecular complexity index is 510. The lowest BCUT2D eigenvalue weighted by molar-refractivity contribution is -0.137. The smallest absolute Gasteiger partial charge is 0.253 e. The van der Waals surface area contributed by atoms with Crippen molar-refractivity contribution in [3.05, 3.63) is 34.6 Å². The van der Waals surface area contributed by atoms with Gasteiger partial charge in [0.05, 0.1) is 11.1 Å². The predicted molar refractivity (Wildman–Crippen MR) is 52.2 cm³/mol. The van der Waals surface area contributed by atoms with Crippen molar-refractivity contribution in [2.45, 2.75) is 6.18 Å². The number of aromatic nitrogens is 2. The Morgan fingerprint density at radius 2 is 1.73 bits per heavy atom. The molecule has 0 spiro atoms. The summed E-state index contributed by atoms with van der Waals surface area (Å²) >= 11 is 3.04. The van der Waals surface area contributed by atoms with E-state index in [1.807, 2.05) is 0 Å². The number of rotatable bonds is 0. The first kappa shape index (κ1) is 10.4. The Morgan fingerprint density at radius 1 is 1.07 bits per heavy atom. The van der Waals surface area contributed by atoms with Gasteiger partial charge < -0.3 is 0 Å². The molecule has 0 fully saturated rings. The van der Waals surface area contributed by atoms with Gasteiger partial charge in [-0.15, -0.1) is 0 Å². The molecule has 6 heteroatoms. The molecular formula is C9H4BrF3N2. The highest BCUT2D eigenvalue weighted by atomic mass is 79.9. The summed E-state index contributed by atoms with van der Waals surface area (Å²) in [6, 6.07) is 1.98. The van der Waals surface area contributed by atoms with Crippen molar-refractivity contribution in [3.8, 4) is 0 Å². The molecule has 0 unspecified atom stereocenters. The van der Waals surface area contributed by atoms with Crippen LogP contribution in [0.3, 0.4) is 0 Å². The molecule has 0 saturated carbocycles. The van der Waals surface area contributed by atoms with Gasteiger partial charge >= 0.3 is 6.18 Å². The van der Waals surface area contributed by atoms with Crippen molar-refractivity contribution in [2.75, 3.05) is 0 Å². The molecule has 0 amide bonds. The van der Waals surface area contributed by atoms with Crippen LogP contribution in [0.5, 0.6) is 0 Å². The second kappa shape index (κ2) is 3.44. The van der Waals surface area contributed by atoms with Crippen molar-refractivity contribution < 1.29 is 13.2 Å². The fraction of sp³-hybridized carbons (Fsp3) is 0.111. The fourth-order valence-corrected chi connectivity index (χ4v) is 1.75. The van der Waals surface area contributed by atoms with Crippen molar-refractivity contribution in [1.29, 1.82) is 0 Å². The topological polar surface area (TPSA) is 25.8 Å². The van der Waals surface area contributed by atoms with Crippen LogP contribution in [0, 0.1) is 0 Å². The van der Waals surface area contributed by atoms with Crippen LogP contribution in [0.25, 0.3) is 11.0 Å². The third kappa shape index (κ3) is 1.94. The van der Waals surface area contributed by atoms with Gasteiger partial charge in [-0.05, 0) is 28.1 Å². The number of fused-ring (bicyclic) bond motifs is 1. The lowest BCUT2D eigenvalue weighted by Crippen LogP contribution is -2.05. The summed E-state index contributed by atoms with van der Waals surface area (Å²) in [7, 11) is 0. The molecule has 0 N–H and O–H groups in total. The van der Waals surface area contributed by atoms with E-state index in [0.29, 0.717) is 9.99 Å². The summed E-state index contributed by atoms with van der Waals surface area (Å²) in [5, 5.41) is 0. The molecule has 0 aliphatic rings. The van der Waals surface area contributed by atoms with E-state index >= 15 is 0 Å². The monoisotopic (exact) mass is 276 g/mol. The third-order valence-electron chi connectivity index (χ3n) is 1.85. The van der Waals surface area contributed by atoms with Crippen molar-refractivity contribution in [2.24, 2.45) is 0 Å². The molecule has 1 aromatic heterocycles. The lowest BCUT2D eigenvalue weighted by atomic mass is 10.2. The Kier molecular flexibility index (Phi) is 2.38. The maximum Gasteiger partial charge on any atom is 0.416 e. The maximum absolute atomic E-state index is 12.4. The minimum atomic E-state index is -4.37. The van der Waals surface area contributed by atoms with Gasteiger partial charge in [-0.2, -0.15) is 13.2 Å². The average Bonchev–Trinajstić information content (AvgIpc) is 2.16. The second-order valence-corrected chi connectivity index (χ2v) is 3.73. The SMILES string of the molecule is FC(F)(F)c1cc(Br)c2nccnc2c1. The summed E-state index contributed by atoms with van der Waals surface area (Å²) in [6.07, 6.45) is -1.58. The Morgan fingerprint density at radius 3 is 2.40 bits per heavy atom. The van der Waals surface area contributed by atoms with Crippen molar-refractivity contribution in [1.82, 2.24) is 9.97 Å². The highest BCUT2D eigenvalue weighted by molar-refractivity contribution is 9.10. The second-order valence-electron chi connectivity index (χ2n) is 2.88. The molecule has 0 aliphatic heterocycles. The largest absolute Gasteiger partial charge is 0.416 e. The van der Waals surface area contributed by atoms with Crippen LogP contribution < -0.4 is 0 Å². The first-order valence-corrected chi connectivity index (χ1v) is 4.75. The molecule has 0 atom stereocenters. The van der Waals surface area contributed by atoms with Gasteiger partial charge in [-0.3, -0.25) is 9.97 Å². The van der Waals surface area contributed by atoms with Gasteiger partial charge in [0.2, 0.25) is 0 Å². The molecule has 2 nitrogen and oxygen atoms in total. The minimum absolute atomic E-state index is 0.221. The summed E-state index contributed by atoms with van der Waals surface area (Å²) in [5.74, 6) is 0. The molecule has 15 heavy (non-hydrogen) atoms. The molecule has 0 bridgehead atoms. The van der Waals surface area contributed by atoms with E-state index in [1.54, 1.807) is 0 Å². The molecule has 0 radical (unpaired) electrons. The van der Waals surface area contributed by atoms with E-state index in [9.17, 15) is 13.2 Å². The van der Waals surface area contributed by atoms with E-state index in [0.717, 1.165) is 12.1 Å². The molecule has 1 aromatic carbocycles. The zero-order valence-electron chi connectivity index (χ0n) is 7.22. The van der Waals surface area contributed by atoms with E-state index < -0.39 is 11.7 Å². The highest BCUT2D eigenvalue weighted by Gasteiger charge is 2.31. The van der Waals surface area contributed by atoms with Crippen LogP contribution in [-0.4, -0.2) is 9.97 Å². The molecule has 0 saturated heterocycles. The zero-order valence-corrected chi connectivity index (χ0v) is 8.80. The number of benzene rings is 1.